The van der Waals surface area contributed by atoms with Crippen LogP contribution in [0.4, 0.5) is 0 Å². The summed E-state index contributed by atoms with van der Waals surface area (Å²) in [6.45, 7) is 7.37. The monoisotopic (exact) mass is 223 g/mol. The number of ether oxygens (including phenoxy) is 1. The molecular formula is C12H21N3O. The first-order valence-corrected chi connectivity index (χ1v) is 5.81. The van der Waals surface area contributed by atoms with Gasteiger partial charge in [0, 0.05) is 19.0 Å². The Morgan fingerprint density at radius 1 is 1.31 bits per heavy atom. The normalized spacial score (nSPS) is 14.8. The van der Waals surface area contributed by atoms with Crippen LogP contribution in [0.5, 0.6) is 0 Å². The highest BCUT2D eigenvalue weighted by Crippen LogP contribution is 2.25. The van der Waals surface area contributed by atoms with E-state index in [-0.39, 0.29) is 5.60 Å². The number of nitrogens with zero attached hydrogens (tertiary/aromatic N) is 2. The van der Waals surface area contributed by atoms with E-state index in [0.29, 0.717) is 13.2 Å². The molecule has 0 saturated carbocycles. The molecule has 1 aromatic rings. The highest BCUT2D eigenvalue weighted by atomic mass is 16.5. The van der Waals surface area contributed by atoms with Gasteiger partial charge in [-0.3, -0.25) is 0 Å². The second kappa shape index (κ2) is 5.92. The van der Waals surface area contributed by atoms with Crippen LogP contribution < -0.4 is 5.73 Å². The molecule has 0 aliphatic carbocycles. The number of aromatic nitrogens is 2. The third kappa shape index (κ3) is 3.00. The van der Waals surface area contributed by atoms with E-state index in [4.69, 9.17) is 10.5 Å². The Kier molecular flexibility index (Phi) is 4.83. The molecule has 1 atom stereocenters. The molecule has 4 heteroatoms. The van der Waals surface area contributed by atoms with Gasteiger partial charge in [0.2, 0.25) is 0 Å². The molecule has 0 aliphatic heterocycles. The van der Waals surface area contributed by atoms with E-state index >= 15 is 0 Å². The van der Waals surface area contributed by atoms with Gasteiger partial charge in [-0.05, 0) is 38.8 Å². The van der Waals surface area contributed by atoms with Gasteiger partial charge < -0.3 is 10.5 Å². The average molecular weight is 223 g/mol. The van der Waals surface area contributed by atoms with E-state index in [9.17, 15) is 0 Å². The van der Waals surface area contributed by atoms with Crippen LogP contribution in [0.2, 0.25) is 0 Å². The molecule has 1 unspecified atom stereocenters. The molecule has 1 heterocycles. The minimum atomic E-state index is -0.379. The average Bonchev–Trinajstić information content (AvgIpc) is 2.30. The maximum absolute atomic E-state index is 5.71. The SMILES string of the molecule is CCOC(C)(CC)c1ncc(CCN)cn1. The zero-order valence-electron chi connectivity index (χ0n) is 10.4. The van der Waals surface area contributed by atoms with Gasteiger partial charge in [0.05, 0.1) is 0 Å². The van der Waals surface area contributed by atoms with E-state index in [2.05, 4.69) is 16.9 Å². The predicted octanol–water partition coefficient (Wildman–Crippen LogP) is 1.64. The summed E-state index contributed by atoms with van der Waals surface area (Å²) in [6.07, 6.45) is 5.35. The van der Waals surface area contributed by atoms with Gasteiger partial charge in [-0.2, -0.15) is 0 Å². The smallest absolute Gasteiger partial charge is 0.159 e. The Bertz CT molecular complexity index is 313. The molecule has 1 rings (SSSR count). The van der Waals surface area contributed by atoms with Crippen molar-refractivity contribution in [2.24, 2.45) is 5.73 Å². The second-order valence-corrected chi connectivity index (χ2v) is 3.97. The zero-order valence-corrected chi connectivity index (χ0v) is 10.4. The maximum Gasteiger partial charge on any atom is 0.159 e. The minimum absolute atomic E-state index is 0.379. The molecule has 16 heavy (non-hydrogen) atoms. The van der Waals surface area contributed by atoms with Gasteiger partial charge in [0.25, 0.3) is 0 Å². The summed E-state index contributed by atoms with van der Waals surface area (Å²) >= 11 is 0. The van der Waals surface area contributed by atoms with Crippen LogP contribution in [0.15, 0.2) is 12.4 Å². The van der Waals surface area contributed by atoms with Crippen molar-refractivity contribution >= 4 is 0 Å². The van der Waals surface area contributed by atoms with Gasteiger partial charge in [-0.15, -0.1) is 0 Å². The van der Waals surface area contributed by atoms with Crippen molar-refractivity contribution in [2.75, 3.05) is 13.2 Å². The number of rotatable bonds is 6. The summed E-state index contributed by atoms with van der Waals surface area (Å²) in [5, 5.41) is 0. The molecule has 0 saturated heterocycles. The summed E-state index contributed by atoms with van der Waals surface area (Å²) in [5.74, 6) is 0.748. The molecule has 1 aromatic heterocycles. The van der Waals surface area contributed by atoms with Gasteiger partial charge in [0.1, 0.15) is 5.60 Å². The lowest BCUT2D eigenvalue weighted by molar-refractivity contribution is -0.0390. The van der Waals surface area contributed by atoms with Crippen molar-refractivity contribution < 1.29 is 4.74 Å². The Hall–Kier alpha value is -1.00. The van der Waals surface area contributed by atoms with E-state index in [1.54, 1.807) is 0 Å². The van der Waals surface area contributed by atoms with Crippen LogP contribution in [0.25, 0.3) is 0 Å². The topological polar surface area (TPSA) is 61.0 Å². The second-order valence-electron chi connectivity index (χ2n) is 3.97. The zero-order chi connectivity index (χ0) is 12.0. The van der Waals surface area contributed by atoms with Crippen molar-refractivity contribution in [3.8, 4) is 0 Å². The van der Waals surface area contributed by atoms with Crippen LogP contribution in [-0.4, -0.2) is 23.1 Å². The number of nitrogens with two attached hydrogens (primary N) is 1. The summed E-state index contributed by atoms with van der Waals surface area (Å²) < 4.78 is 5.71. The van der Waals surface area contributed by atoms with Crippen LogP contribution in [-0.2, 0) is 16.8 Å². The fourth-order valence-corrected chi connectivity index (χ4v) is 1.57. The van der Waals surface area contributed by atoms with Crippen molar-refractivity contribution in [1.29, 1.82) is 0 Å². The molecule has 4 nitrogen and oxygen atoms in total. The first-order chi connectivity index (χ1) is 7.66. The van der Waals surface area contributed by atoms with Gasteiger partial charge in [-0.1, -0.05) is 6.92 Å². The molecule has 0 spiro atoms. The van der Waals surface area contributed by atoms with Gasteiger partial charge in [-0.25, -0.2) is 9.97 Å². The van der Waals surface area contributed by atoms with Crippen LogP contribution >= 0.6 is 0 Å². The van der Waals surface area contributed by atoms with Crippen LogP contribution in [0.3, 0.4) is 0 Å². The molecule has 0 aromatic carbocycles. The third-order valence-corrected chi connectivity index (χ3v) is 2.75. The molecule has 0 aliphatic rings. The van der Waals surface area contributed by atoms with Crippen molar-refractivity contribution in [1.82, 2.24) is 9.97 Å². The van der Waals surface area contributed by atoms with Gasteiger partial charge >= 0.3 is 0 Å². The predicted molar refractivity (Wildman–Crippen MR) is 64.1 cm³/mol. The Labute approximate surface area is 97.2 Å². The molecular weight excluding hydrogens is 202 g/mol. The molecule has 2 N–H and O–H groups in total. The van der Waals surface area contributed by atoms with E-state index in [1.165, 1.54) is 0 Å². The quantitative estimate of drug-likeness (QED) is 0.796. The molecule has 0 bridgehead atoms. The molecule has 0 amide bonds. The summed E-state index contributed by atoms with van der Waals surface area (Å²) in [4.78, 5) is 8.73. The van der Waals surface area contributed by atoms with Crippen molar-refractivity contribution in [3.05, 3.63) is 23.8 Å². The van der Waals surface area contributed by atoms with Gasteiger partial charge in [0.15, 0.2) is 5.82 Å². The summed E-state index contributed by atoms with van der Waals surface area (Å²) in [7, 11) is 0. The Morgan fingerprint density at radius 2 is 1.94 bits per heavy atom. The fraction of sp³-hybridized carbons (Fsp3) is 0.667. The van der Waals surface area contributed by atoms with Crippen molar-refractivity contribution in [3.63, 3.8) is 0 Å². The Morgan fingerprint density at radius 3 is 2.38 bits per heavy atom. The number of hydrogen-bond acceptors (Lipinski definition) is 4. The fourth-order valence-electron chi connectivity index (χ4n) is 1.57. The van der Waals surface area contributed by atoms with Crippen LogP contribution in [0.1, 0.15) is 38.6 Å². The minimum Gasteiger partial charge on any atom is -0.368 e. The summed E-state index contributed by atoms with van der Waals surface area (Å²) in [5.41, 5.74) is 6.17. The summed E-state index contributed by atoms with van der Waals surface area (Å²) in [6, 6.07) is 0. The van der Waals surface area contributed by atoms with Crippen molar-refractivity contribution in [2.45, 2.75) is 39.2 Å². The lowest BCUT2D eigenvalue weighted by Gasteiger charge is -2.26. The third-order valence-electron chi connectivity index (χ3n) is 2.75. The first kappa shape index (κ1) is 13.1. The molecule has 0 radical (unpaired) electrons. The standard InChI is InChI=1S/C12H21N3O/c1-4-12(3,16-5-2)11-14-8-10(6-7-13)9-15-11/h8-9H,4-7,13H2,1-3H3. The maximum atomic E-state index is 5.71. The van der Waals surface area contributed by atoms with E-state index in [1.807, 2.05) is 26.2 Å². The van der Waals surface area contributed by atoms with E-state index < -0.39 is 0 Å². The lowest BCUT2D eigenvalue weighted by Crippen LogP contribution is -2.27. The molecule has 90 valence electrons. The van der Waals surface area contributed by atoms with Crippen LogP contribution in [0, 0.1) is 0 Å². The molecule has 0 fully saturated rings. The first-order valence-electron chi connectivity index (χ1n) is 5.81. The lowest BCUT2D eigenvalue weighted by atomic mass is 10.0. The Balaban J connectivity index is 2.85. The number of hydrogen-bond donors (Lipinski definition) is 1. The highest BCUT2D eigenvalue weighted by Gasteiger charge is 2.27. The largest absolute Gasteiger partial charge is 0.368 e. The van der Waals surface area contributed by atoms with E-state index in [0.717, 1.165) is 24.2 Å². The highest BCUT2D eigenvalue weighted by molar-refractivity contribution is 5.09.